The summed E-state index contributed by atoms with van der Waals surface area (Å²) in [7, 11) is 0. The van der Waals surface area contributed by atoms with E-state index in [1.807, 2.05) is 31.2 Å². The Labute approximate surface area is 88.5 Å². The van der Waals surface area contributed by atoms with Crippen molar-refractivity contribution in [2.45, 2.75) is 19.8 Å². The molecule has 1 N–H and O–H groups in total. The highest BCUT2D eigenvalue weighted by atomic mass is 16.2. The fourth-order valence-corrected chi connectivity index (χ4v) is 2.16. The van der Waals surface area contributed by atoms with Crippen molar-refractivity contribution in [2.75, 3.05) is 5.32 Å². The van der Waals surface area contributed by atoms with Crippen molar-refractivity contribution in [1.29, 1.82) is 0 Å². The molecule has 0 aliphatic carbocycles. The van der Waals surface area contributed by atoms with Gasteiger partial charge in [-0.15, -0.1) is 0 Å². The minimum atomic E-state index is -0.542. The van der Waals surface area contributed by atoms with Crippen LogP contribution < -0.4 is 5.32 Å². The lowest BCUT2D eigenvalue weighted by molar-refractivity contribution is -0.130. The van der Waals surface area contributed by atoms with E-state index in [1.54, 1.807) is 0 Å². The van der Waals surface area contributed by atoms with Gasteiger partial charge in [-0.3, -0.25) is 9.59 Å². The van der Waals surface area contributed by atoms with Crippen molar-refractivity contribution in [3.05, 3.63) is 29.8 Å². The molecule has 1 aromatic rings. The molecule has 1 aromatic carbocycles. The maximum Gasteiger partial charge on any atom is 0.235 e. The Kier molecular flexibility index (Phi) is 2.31. The zero-order valence-corrected chi connectivity index (χ0v) is 8.78. The molecule has 1 aliphatic rings. The molecule has 78 valence electrons. The van der Waals surface area contributed by atoms with E-state index < -0.39 is 5.92 Å². The molecule has 0 spiro atoms. The first-order valence-electron chi connectivity index (χ1n) is 5.01. The normalized spacial score (nSPS) is 24.3. The molecular weight excluding hydrogens is 190 g/mol. The summed E-state index contributed by atoms with van der Waals surface area (Å²) in [6, 6.07) is 7.61. The average Bonchev–Trinajstić information content (AvgIpc) is 2.17. The molecule has 1 amide bonds. The SMILES string of the molecule is CC(=O)C1C(=O)Nc2ccccc2C1C. The van der Waals surface area contributed by atoms with E-state index in [9.17, 15) is 9.59 Å². The summed E-state index contributed by atoms with van der Waals surface area (Å²) in [5.74, 6) is -0.837. The Morgan fingerprint density at radius 1 is 1.33 bits per heavy atom. The van der Waals surface area contributed by atoms with E-state index in [1.165, 1.54) is 6.92 Å². The van der Waals surface area contributed by atoms with Gasteiger partial charge in [-0.2, -0.15) is 0 Å². The number of hydrogen-bond acceptors (Lipinski definition) is 2. The van der Waals surface area contributed by atoms with Crippen LogP contribution in [0.25, 0.3) is 0 Å². The number of amides is 1. The van der Waals surface area contributed by atoms with Crippen molar-refractivity contribution < 1.29 is 9.59 Å². The Morgan fingerprint density at radius 3 is 2.67 bits per heavy atom. The molecule has 2 rings (SSSR count). The first-order valence-corrected chi connectivity index (χ1v) is 5.01. The second-order valence-electron chi connectivity index (χ2n) is 3.95. The number of carbonyl (C=O) groups excluding carboxylic acids is 2. The van der Waals surface area contributed by atoms with E-state index in [2.05, 4.69) is 5.32 Å². The molecule has 15 heavy (non-hydrogen) atoms. The molecule has 2 unspecified atom stereocenters. The van der Waals surface area contributed by atoms with Gasteiger partial charge in [0.2, 0.25) is 5.91 Å². The maximum atomic E-state index is 11.7. The van der Waals surface area contributed by atoms with Gasteiger partial charge in [0.05, 0.1) is 0 Å². The van der Waals surface area contributed by atoms with Gasteiger partial charge in [0.25, 0.3) is 0 Å². The third kappa shape index (κ3) is 1.54. The fourth-order valence-electron chi connectivity index (χ4n) is 2.16. The Hall–Kier alpha value is -1.64. The lowest BCUT2D eigenvalue weighted by Gasteiger charge is -2.28. The quantitative estimate of drug-likeness (QED) is 0.709. The molecule has 0 saturated carbocycles. The highest BCUT2D eigenvalue weighted by molar-refractivity contribution is 6.09. The van der Waals surface area contributed by atoms with Crippen LogP contribution in [0.4, 0.5) is 5.69 Å². The van der Waals surface area contributed by atoms with Crippen LogP contribution in [0.1, 0.15) is 25.3 Å². The molecule has 1 heterocycles. The molecule has 0 aromatic heterocycles. The van der Waals surface area contributed by atoms with Crippen molar-refractivity contribution in [1.82, 2.24) is 0 Å². The molecular formula is C12H13NO2. The maximum absolute atomic E-state index is 11.7. The first kappa shape index (κ1) is 9.90. The van der Waals surface area contributed by atoms with Crippen LogP contribution >= 0.6 is 0 Å². The number of fused-ring (bicyclic) bond motifs is 1. The van der Waals surface area contributed by atoms with Gasteiger partial charge in [-0.05, 0) is 18.6 Å². The third-order valence-corrected chi connectivity index (χ3v) is 2.93. The molecule has 3 nitrogen and oxygen atoms in total. The van der Waals surface area contributed by atoms with E-state index in [0.29, 0.717) is 0 Å². The summed E-state index contributed by atoms with van der Waals surface area (Å²) in [4.78, 5) is 23.0. The summed E-state index contributed by atoms with van der Waals surface area (Å²) in [5, 5.41) is 2.76. The molecule has 0 saturated heterocycles. The van der Waals surface area contributed by atoms with Crippen molar-refractivity contribution in [3.8, 4) is 0 Å². The van der Waals surface area contributed by atoms with Gasteiger partial charge in [0, 0.05) is 11.6 Å². The molecule has 3 heteroatoms. The zero-order valence-electron chi connectivity index (χ0n) is 8.78. The minimum Gasteiger partial charge on any atom is -0.325 e. The van der Waals surface area contributed by atoms with Gasteiger partial charge < -0.3 is 5.32 Å². The second kappa shape index (κ2) is 3.50. The lowest BCUT2D eigenvalue weighted by atomic mass is 9.81. The predicted molar refractivity (Wildman–Crippen MR) is 57.7 cm³/mol. The predicted octanol–water partition coefficient (Wildman–Crippen LogP) is 1.95. The first-order chi connectivity index (χ1) is 7.11. The monoisotopic (exact) mass is 203 g/mol. The van der Waals surface area contributed by atoms with Crippen LogP contribution in [0.15, 0.2) is 24.3 Å². The lowest BCUT2D eigenvalue weighted by Crippen LogP contribution is -2.36. The number of anilines is 1. The van der Waals surface area contributed by atoms with Crippen molar-refractivity contribution >= 4 is 17.4 Å². The van der Waals surface area contributed by atoms with Crippen molar-refractivity contribution in [3.63, 3.8) is 0 Å². The topological polar surface area (TPSA) is 46.2 Å². The number of carbonyl (C=O) groups is 2. The minimum absolute atomic E-state index is 0.0348. The van der Waals surface area contributed by atoms with Crippen molar-refractivity contribution in [2.24, 2.45) is 5.92 Å². The summed E-state index contributed by atoms with van der Waals surface area (Å²) in [6.45, 7) is 3.39. The van der Waals surface area contributed by atoms with Crippen LogP contribution in [0.5, 0.6) is 0 Å². The van der Waals surface area contributed by atoms with E-state index in [0.717, 1.165) is 11.3 Å². The Balaban J connectivity index is 2.47. The van der Waals surface area contributed by atoms with Gasteiger partial charge in [0.15, 0.2) is 0 Å². The van der Waals surface area contributed by atoms with Gasteiger partial charge in [0.1, 0.15) is 11.7 Å². The van der Waals surface area contributed by atoms with Crippen LogP contribution in [0.2, 0.25) is 0 Å². The van der Waals surface area contributed by atoms with Crippen LogP contribution in [-0.2, 0) is 9.59 Å². The summed E-state index contributed by atoms with van der Waals surface area (Å²) >= 11 is 0. The Morgan fingerprint density at radius 2 is 2.00 bits per heavy atom. The average molecular weight is 203 g/mol. The van der Waals surface area contributed by atoms with Gasteiger partial charge in [-0.25, -0.2) is 0 Å². The molecule has 0 radical (unpaired) electrons. The molecule has 1 aliphatic heterocycles. The van der Waals surface area contributed by atoms with E-state index in [-0.39, 0.29) is 17.6 Å². The second-order valence-corrected chi connectivity index (χ2v) is 3.95. The highest BCUT2D eigenvalue weighted by Gasteiger charge is 2.35. The zero-order chi connectivity index (χ0) is 11.0. The molecule has 0 fully saturated rings. The van der Waals surface area contributed by atoms with Crippen LogP contribution in [-0.4, -0.2) is 11.7 Å². The highest BCUT2D eigenvalue weighted by Crippen LogP contribution is 2.35. The van der Waals surface area contributed by atoms with Gasteiger partial charge >= 0.3 is 0 Å². The largest absolute Gasteiger partial charge is 0.325 e. The standard InChI is InChI=1S/C12H13NO2/c1-7-9-5-3-4-6-10(9)13-12(15)11(7)8(2)14/h3-7,11H,1-2H3,(H,13,15). The molecule has 2 atom stereocenters. The summed E-state index contributed by atoms with van der Waals surface area (Å²) < 4.78 is 0. The van der Waals surface area contributed by atoms with E-state index in [4.69, 9.17) is 0 Å². The van der Waals surface area contributed by atoms with Gasteiger partial charge in [-0.1, -0.05) is 25.1 Å². The number of hydrogen-bond donors (Lipinski definition) is 1. The third-order valence-electron chi connectivity index (χ3n) is 2.93. The number of para-hydroxylation sites is 1. The summed E-state index contributed by atoms with van der Waals surface area (Å²) in [5.41, 5.74) is 1.87. The van der Waals surface area contributed by atoms with Crippen LogP contribution in [0.3, 0.4) is 0 Å². The summed E-state index contributed by atoms with van der Waals surface area (Å²) in [6.07, 6.45) is 0. The molecule has 0 bridgehead atoms. The number of Topliss-reactive ketones (excluding diaryl/α,β-unsaturated/α-hetero) is 1. The van der Waals surface area contributed by atoms with Crippen LogP contribution in [0, 0.1) is 5.92 Å². The fraction of sp³-hybridized carbons (Fsp3) is 0.333. The number of rotatable bonds is 1. The number of nitrogens with one attached hydrogen (secondary N) is 1. The Bertz CT molecular complexity index is 425. The smallest absolute Gasteiger partial charge is 0.235 e. The van der Waals surface area contributed by atoms with E-state index >= 15 is 0 Å². The number of ketones is 1. The number of benzene rings is 1.